The molecule has 0 amide bonds. The van der Waals surface area contributed by atoms with Gasteiger partial charge in [0.1, 0.15) is 0 Å². The molecule has 106 valence electrons. The van der Waals surface area contributed by atoms with Crippen LogP contribution in [-0.4, -0.2) is 7.05 Å². The largest absolute Gasteiger partial charge is 0.313 e. The molecule has 0 aliphatic carbocycles. The van der Waals surface area contributed by atoms with Gasteiger partial charge < -0.3 is 5.32 Å². The first kappa shape index (κ1) is 15.1. The van der Waals surface area contributed by atoms with Crippen LogP contribution in [0.3, 0.4) is 0 Å². The average molecular weight is 288 g/mol. The molecule has 1 atom stereocenters. The number of benzene rings is 2. The second kappa shape index (κ2) is 7.47. The van der Waals surface area contributed by atoms with Gasteiger partial charge in [0.2, 0.25) is 0 Å². The van der Waals surface area contributed by atoms with E-state index in [1.54, 1.807) is 0 Å². The molecule has 0 spiro atoms. The number of hydrogen-bond acceptors (Lipinski definition) is 1. The van der Waals surface area contributed by atoms with Crippen LogP contribution in [0.2, 0.25) is 5.02 Å². The number of rotatable bonds is 6. The Hall–Kier alpha value is -1.31. The Morgan fingerprint density at radius 2 is 1.85 bits per heavy atom. The van der Waals surface area contributed by atoms with Gasteiger partial charge in [-0.1, -0.05) is 54.1 Å². The van der Waals surface area contributed by atoms with Crippen molar-refractivity contribution >= 4 is 11.6 Å². The fourth-order valence-corrected chi connectivity index (χ4v) is 2.65. The van der Waals surface area contributed by atoms with E-state index in [-0.39, 0.29) is 0 Å². The minimum Gasteiger partial charge on any atom is -0.313 e. The molecule has 0 saturated heterocycles. The maximum absolute atomic E-state index is 6.22. The molecular formula is C18H22ClN. The first-order valence-corrected chi connectivity index (χ1v) is 7.55. The molecule has 0 aliphatic rings. The van der Waals surface area contributed by atoms with Crippen molar-refractivity contribution in [2.75, 3.05) is 7.05 Å². The summed E-state index contributed by atoms with van der Waals surface area (Å²) >= 11 is 6.22. The maximum Gasteiger partial charge on any atom is 0.0438 e. The highest BCUT2D eigenvalue weighted by Gasteiger charge is 2.10. The van der Waals surface area contributed by atoms with Crippen LogP contribution in [0.5, 0.6) is 0 Å². The minimum atomic E-state index is 0.372. The van der Waals surface area contributed by atoms with Crippen LogP contribution in [-0.2, 0) is 6.42 Å². The molecule has 1 unspecified atom stereocenters. The Balaban J connectivity index is 1.93. The van der Waals surface area contributed by atoms with E-state index in [4.69, 9.17) is 11.6 Å². The predicted octanol–water partition coefficient (Wildman–Crippen LogP) is 4.93. The van der Waals surface area contributed by atoms with E-state index in [9.17, 15) is 0 Å². The summed E-state index contributed by atoms with van der Waals surface area (Å²) in [4.78, 5) is 0. The van der Waals surface area contributed by atoms with Gasteiger partial charge in [-0.05, 0) is 56.0 Å². The van der Waals surface area contributed by atoms with Gasteiger partial charge in [0, 0.05) is 11.1 Å². The molecule has 0 heterocycles. The Bertz CT molecular complexity index is 536. The van der Waals surface area contributed by atoms with Crippen LogP contribution >= 0.6 is 11.6 Å². The third-order valence-electron chi connectivity index (χ3n) is 3.75. The van der Waals surface area contributed by atoms with Crippen LogP contribution in [0.4, 0.5) is 0 Å². The van der Waals surface area contributed by atoms with E-state index >= 15 is 0 Å². The van der Waals surface area contributed by atoms with Crippen molar-refractivity contribution in [1.29, 1.82) is 0 Å². The topological polar surface area (TPSA) is 12.0 Å². The highest BCUT2D eigenvalue weighted by Crippen LogP contribution is 2.24. The van der Waals surface area contributed by atoms with Crippen molar-refractivity contribution in [2.24, 2.45) is 0 Å². The normalized spacial score (nSPS) is 12.3. The summed E-state index contributed by atoms with van der Waals surface area (Å²) in [7, 11) is 2.01. The molecular weight excluding hydrogens is 266 g/mol. The Labute approximate surface area is 127 Å². The van der Waals surface area contributed by atoms with Crippen molar-refractivity contribution in [2.45, 2.75) is 32.2 Å². The molecule has 0 aromatic heterocycles. The van der Waals surface area contributed by atoms with Gasteiger partial charge in [0.25, 0.3) is 0 Å². The molecule has 2 heteroatoms. The van der Waals surface area contributed by atoms with E-state index in [1.807, 2.05) is 14.0 Å². The first-order valence-electron chi connectivity index (χ1n) is 7.18. The molecule has 2 aromatic rings. The molecule has 20 heavy (non-hydrogen) atoms. The molecule has 0 bridgehead atoms. The van der Waals surface area contributed by atoms with Gasteiger partial charge in [-0.25, -0.2) is 0 Å². The van der Waals surface area contributed by atoms with E-state index in [2.05, 4.69) is 53.8 Å². The number of aryl methyl sites for hydroxylation is 2. The van der Waals surface area contributed by atoms with Crippen molar-refractivity contribution < 1.29 is 0 Å². The lowest BCUT2D eigenvalue weighted by Gasteiger charge is -2.17. The quantitative estimate of drug-likeness (QED) is 0.794. The SMILES string of the molecule is CNC(CCCc1ccccc1)c1ccc(C)c(Cl)c1. The van der Waals surface area contributed by atoms with Gasteiger partial charge in [-0.15, -0.1) is 0 Å². The van der Waals surface area contributed by atoms with Crippen LogP contribution in [0, 0.1) is 6.92 Å². The third kappa shape index (κ3) is 4.09. The zero-order valence-corrected chi connectivity index (χ0v) is 13.0. The molecule has 1 N–H and O–H groups in total. The number of hydrogen-bond donors (Lipinski definition) is 1. The van der Waals surface area contributed by atoms with Crippen molar-refractivity contribution in [3.63, 3.8) is 0 Å². The van der Waals surface area contributed by atoms with Crippen molar-refractivity contribution in [1.82, 2.24) is 5.32 Å². The van der Waals surface area contributed by atoms with Crippen molar-refractivity contribution in [3.8, 4) is 0 Å². The lowest BCUT2D eigenvalue weighted by molar-refractivity contribution is 0.527. The summed E-state index contributed by atoms with van der Waals surface area (Å²) in [5.74, 6) is 0. The summed E-state index contributed by atoms with van der Waals surface area (Å²) in [6.45, 7) is 2.04. The minimum absolute atomic E-state index is 0.372. The Kier molecular flexibility index (Phi) is 5.63. The second-order valence-electron chi connectivity index (χ2n) is 5.23. The standard InChI is InChI=1S/C18H22ClN/c1-14-11-12-16(13-17(14)19)18(20-2)10-6-9-15-7-4-3-5-8-15/h3-5,7-8,11-13,18,20H,6,9-10H2,1-2H3. The zero-order chi connectivity index (χ0) is 14.4. The van der Waals surface area contributed by atoms with Crippen LogP contribution in [0.1, 0.15) is 35.6 Å². The Morgan fingerprint density at radius 3 is 2.50 bits per heavy atom. The molecule has 0 saturated carbocycles. The van der Waals surface area contributed by atoms with Crippen LogP contribution in [0.15, 0.2) is 48.5 Å². The van der Waals surface area contributed by atoms with E-state index in [0.717, 1.165) is 23.4 Å². The van der Waals surface area contributed by atoms with Gasteiger partial charge in [0.15, 0.2) is 0 Å². The van der Waals surface area contributed by atoms with Crippen LogP contribution in [0.25, 0.3) is 0 Å². The summed E-state index contributed by atoms with van der Waals surface area (Å²) in [6.07, 6.45) is 3.41. The van der Waals surface area contributed by atoms with Gasteiger partial charge >= 0.3 is 0 Å². The zero-order valence-electron chi connectivity index (χ0n) is 12.2. The number of nitrogens with one attached hydrogen (secondary N) is 1. The lowest BCUT2D eigenvalue weighted by atomic mass is 9.98. The second-order valence-corrected chi connectivity index (χ2v) is 5.63. The highest BCUT2D eigenvalue weighted by molar-refractivity contribution is 6.31. The lowest BCUT2D eigenvalue weighted by Crippen LogP contribution is -2.16. The summed E-state index contributed by atoms with van der Waals surface area (Å²) in [6, 6.07) is 17.4. The van der Waals surface area contributed by atoms with Crippen LogP contribution < -0.4 is 5.32 Å². The number of halogens is 1. The van der Waals surface area contributed by atoms with Gasteiger partial charge in [0.05, 0.1) is 0 Å². The molecule has 0 aliphatic heterocycles. The smallest absolute Gasteiger partial charge is 0.0438 e. The Morgan fingerprint density at radius 1 is 1.10 bits per heavy atom. The summed E-state index contributed by atoms with van der Waals surface area (Å²) < 4.78 is 0. The fraction of sp³-hybridized carbons (Fsp3) is 0.333. The summed E-state index contributed by atoms with van der Waals surface area (Å²) in [5.41, 5.74) is 3.81. The van der Waals surface area contributed by atoms with E-state index < -0.39 is 0 Å². The first-order chi connectivity index (χ1) is 9.70. The maximum atomic E-state index is 6.22. The highest BCUT2D eigenvalue weighted by atomic mass is 35.5. The van der Waals surface area contributed by atoms with E-state index in [1.165, 1.54) is 17.5 Å². The summed E-state index contributed by atoms with van der Waals surface area (Å²) in [5, 5.41) is 4.25. The molecule has 1 nitrogen and oxygen atoms in total. The monoisotopic (exact) mass is 287 g/mol. The molecule has 0 radical (unpaired) electrons. The molecule has 2 rings (SSSR count). The molecule has 0 fully saturated rings. The van der Waals surface area contributed by atoms with Crippen molar-refractivity contribution in [3.05, 3.63) is 70.2 Å². The fourth-order valence-electron chi connectivity index (χ4n) is 2.46. The van der Waals surface area contributed by atoms with Gasteiger partial charge in [-0.2, -0.15) is 0 Å². The predicted molar refractivity (Wildman–Crippen MR) is 87.4 cm³/mol. The van der Waals surface area contributed by atoms with E-state index in [0.29, 0.717) is 6.04 Å². The van der Waals surface area contributed by atoms with Gasteiger partial charge in [-0.3, -0.25) is 0 Å². The third-order valence-corrected chi connectivity index (χ3v) is 4.15. The average Bonchev–Trinajstić information content (AvgIpc) is 2.48. The molecule has 2 aromatic carbocycles.